The average Bonchev–Trinajstić information content (AvgIpc) is 2.48. The first-order valence-corrected chi connectivity index (χ1v) is 6.98. The summed E-state index contributed by atoms with van der Waals surface area (Å²) in [5, 5.41) is 3.92. The molecule has 3 aromatic rings. The Balaban J connectivity index is 1.89. The summed E-state index contributed by atoms with van der Waals surface area (Å²) >= 11 is 5.85. The Bertz CT molecular complexity index is 840. The number of pyridine rings is 1. The maximum Gasteiger partial charge on any atom is 0.258 e. The summed E-state index contributed by atoms with van der Waals surface area (Å²) in [6.45, 7) is 2.43. The Morgan fingerprint density at radius 1 is 1.24 bits per heavy atom. The number of nitrogens with zero attached hydrogens (tertiary/aromatic N) is 2. The number of halogens is 1. The maximum atomic E-state index is 12.1. The van der Waals surface area contributed by atoms with Crippen molar-refractivity contribution in [2.24, 2.45) is 0 Å². The van der Waals surface area contributed by atoms with Gasteiger partial charge in [0.1, 0.15) is 5.65 Å². The molecule has 0 fully saturated rings. The lowest BCUT2D eigenvalue weighted by atomic mass is 10.2. The minimum Gasteiger partial charge on any atom is -0.379 e. The lowest BCUT2D eigenvalue weighted by molar-refractivity contribution is 0.964. The Labute approximate surface area is 127 Å². The summed E-state index contributed by atoms with van der Waals surface area (Å²) in [4.78, 5) is 16.6. The molecule has 0 aliphatic carbocycles. The SMILES string of the molecule is Cc1cccn2c(=O)cc(CNc3ccc(Cl)cc3)nc12. The first-order valence-electron chi connectivity index (χ1n) is 6.61. The summed E-state index contributed by atoms with van der Waals surface area (Å²) in [5.41, 5.74) is 3.24. The highest BCUT2D eigenvalue weighted by molar-refractivity contribution is 6.30. The molecule has 1 aromatic carbocycles. The monoisotopic (exact) mass is 299 g/mol. The van der Waals surface area contributed by atoms with Gasteiger partial charge in [-0.25, -0.2) is 4.98 Å². The highest BCUT2D eigenvalue weighted by Crippen LogP contribution is 2.14. The minimum absolute atomic E-state index is 0.0726. The Kier molecular flexibility index (Phi) is 3.62. The molecule has 0 spiro atoms. The Hall–Kier alpha value is -2.33. The van der Waals surface area contributed by atoms with E-state index in [0.717, 1.165) is 11.3 Å². The van der Waals surface area contributed by atoms with E-state index in [9.17, 15) is 4.79 Å². The zero-order chi connectivity index (χ0) is 14.8. The molecule has 0 unspecified atom stereocenters. The van der Waals surface area contributed by atoms with Crippen LogP contribution in [0.4, 0.5) is 5.69 Å². The molecule has 1 N–H and O–H groups in total. The molecule has 0 saturated carbocycles. The number of nitrogens with one attached hydrogen (secondary N) is 1. The van der Waals surface area contributed by atoms with Crippen molar-refractivity contribution in [2.75, 3.05) is 5.32 Å². The summed E-state index contributed by atoms with van der Waals surface area (Å²) in [6, 6.07) is 12.8. The molecular weight excluding hydrogens is 286 g/mol. The van der Waals surface area contributed by atoms with Gasteiger partial charge in [-0.2, -0.15) is 0 Å². The van der Waals surface area contributed by atoms with E-state index in [4.69, 9.17) is 11.6 Å². The van der Waals surface area contributed by atoms with Crippen LogP contribution in [0.3, 0.4) is 0 Å². The second-order valence-corrected chi connectivity index (χ2v) is 5.27. The number of fused-ring (bicyclic) bond motifs is 1. The fourth-order valence-electron chi connectivity index (χ4n) is 2.16. The van der Waals surface area contributed by atoms with Gasteiger partial charge in [-0.1, -0.05) is 17.7 Å². The fourth-order valence-corrected chi connectivity index (χ4v) is 2.29. The van der Waals surface area contributed by atoms with E-state index >= 15 is 0 Å². The molecule has 0 radical (unpaired) electrons. The van der Waals surface area contributed by atoms with Crippen molar-refractivity contribution < 1.29 is 0 Å². The van der Waals surface area contributed by atoms with Gasteiger partial charge >= 0.3 is 0 Å². The predicted molar refractivity (Wildman–Crippen MR) is 85.0 cm³/mol. The number of rotatable bonds is 3. The lowest BCUT2D eigenvalue weighted by Crippen LogP contribution is -2.17. The van der Waals surface area contributed by atoms with Crippen molar-refractivity contribution in [3.05, 3.63) is 75.3 Å². The van der Waals surface area contributed by atoms with Crippen molar-refractivity contribution in [2.45, 2.75) is 13.5 Å². The van der Waals surface area contributed by atoms with Crippen LogP contribution in [0.5, 0.6) is 0 Å². The molecule has 4 nitrogen and oxygen atoms in total. The van der Waals surface area contributed by atoms with Crippen molar-refractivity contribution in [3.8, 4) is 0 Å². The topological polar surface area (TPSA) is 46.4 Å². The molecule has 2 aromatic heterocycles. The average molecular weight is 300 g/mol. The summed E-state index contributed by atoms with van der Waals surface area (Å²) in [7, 11) is 0. The van der Waals surface area contributed by atoms with E-state index in [1.54, 1.807) is 16.7 Å². The van der Waals surface area contributed by atoms with Gasteiger partial charge in [0.25, 0.3) is 5.56 Å². The zero-order valence-electron chi connectivity index (χ0n) is 11.5. The van der Waals surface area contributed by atoms with Crippen LogP contribution < -0.4 is 10.9 Å². The number of aryl methyl sites for hydroxylation is 1. The van der Waals surface area contributed by atoms with Crippen LogP contribution in [0.15, 0.2) is 53.5 Å². The van der Waals surface area contributed by atoms with Crippen LogP contribution in [0.25, 0.3) is 5.65 Å². The van der Waals surface area contributed by atoms with E-state index in [2.05, 4.69) is 10.3 Å². The number of benzene rings is 1. The number of aromatic nitrogens is 2. The number of hydrogen-bond donors (Lipinski definition) is 1. The van der Waals surface area contributed by atoms with Crippen LogP contribution >= 0.6 is 11.6 Å². The normalized spacial score (nSPS) is 10.8. The van der Waals surface area contributed by atoms with Crippen molar-refractivity contribution in [1.82, 2.24) is 9.38 Å². The van der Waals surface area contributed by atoms with Gasteiger partial charge in [0, 0.05) is 23.0 Å². The highest BCUT2D eigenvalue weighted by Gasteiger charge is 2.04. The van der Waals surface area contributed by atoms with Gasteiger partial charge in [0.2, 0.25) is 0 Å². The van der Waals surface area contributed by atoms with Gasteiger partial charge < -0.3 is 5.32 Å². The maximum absolute atomic E-state index is 12.1. The van der Waals surface area contributed by atoms with Gasteiger partial charge in [0.05, 0.1) is 12.2 Å². The van der Waals surface area contributed by atoms with Crippen LogP contribution in [-0.4, -0.2) is 9.38 Å². The summed E-state index contributed by atoms with van der Waals surface area (Å²) < 4.78 is 1.56. The number of hydrogen-bond acceptors (Lipinski definition) is 3. The van der Waals surface area contributed by atoms with Gasteiger partial charge in [-0.3, -0.25) is 9.20 Å². The predicted octanol–water partition coefficient (Wildman–Crippen LogP) is 3.27. The quantitative estimate of drug-likeness (QED) is 0.807. The van der Waals surface area contributed by atoms with E-state index in [0.29, 0.717) is 22.9 Å². The Morgan fingerprint density at radius 2 is 2.00 bits per heavy atom. The second kappa shape index (κ2) is 5.58. The van der Waals surface area contributed by atoms with Crippen LogP contribution in [0.2, 0.25) is 5.02 Å². The van der Waals surface area contributed by atoms with E-state index in [1.165, 1.54) is 0 Å². The van der Waals surface area contributed by atoms with Gasteiger partial charge in [-0.05, 0) is 42.8 Å². The third-order valence-electron chi connectivity index (χ3n) is 3.26. The lowest BCUT2D eigenvalue weighted by Gasteiger charge is -2.08. The first kappa shape index (κ1) is 13.6. The molecule has 0 saturated heterocycles. The summed E-state index contributed by atoms with van der Waals surface area (Å²) in [5.74, 6) is 0. The second-order valence-electron chi connectivity index (χ2n) is 4.83. The summed E-state index contributed by atoms with van der Waals surface area (Å²) in [6.07, 6.45) is 1.73. The molecule has 0 atom stereocenters. The van der Waals surface area contributed by atoms with Gasteiger partial charge in [0.15, 0.2) is 0 Å². The van der Waals surface area contributed by atoms with E-state index in [1.807, 2.05) is 43.3 Å². The molecule has 0 amide bonds. The third kappa shape index (κ3) is 2.90. The molecular formula is C16H14ClN3O. The number of anilines is 1. The van der Waals surface area contributed by atoms with E-state index in [-0.39, 0.29) is 5.56 Å². The van der Waals surface area contributed by atoms with Gasteiger partial charge in [-0.15, -0.1) is 0 Å². The highest BCUT2D eigenvalue weighted by atomic mass is 35.5. The molecule has 0 bridgehead atoms. The van der Waals surface area contributed by atoms with Crippen molar-refractivity contribution in [3.63, 3.8) is 0 Å². The molecule has 21 heavy (non-hydrogen) atoms. The van der Waals surface area contributed by atoms with Crippen LogP contribution in [0.1, 0.15) is 11.3 Å². The molecule has 106 valence electrons. The smallest absolute Gasteiger partial charge is 0.258 e. The standard InChI is InChI=1S/C16H14ClN3O/c1-11-3-2-8-20-15(21)9-14(19-16(11)20)10-18-13-6-4-12(17)5-7-13/h2-9,18H,10H2,1H3. The fraction of sp³-hybridized carbons (Fsp3) is 0.125. The van der Waals surface area contributed by atoms with Crippen LogP contribution in [0, 0.1) is 6.92 Å². The van der Waals surface area contributed by atoms with Crippen LogP contribution in [-0.2, 0) is 6.54 Å². The van der Waals surface area contributed by atoms with E-state index < -0.39 is 0 Å². The minimum atomic E-state index is -0.0726. The molecule has 0 aliphatic heterocycles. The first-order chi connectivity index (χ1) is 10.1. The molecule has 3 rings (SSSR count). The van der Waals surface area contributed by atoms with Crippen molar-refractivity contribution >= 4 is 22.9 Å². The third-order valence-corrected chi connectivity index (χ3v) is 3.51. The molecule has 0 aliphatic rings. The Morgan fingerprint density at radius 3 is 2.76 bits per heavy atom. The largest absolute Gasteiger partial charge is 0.379 e. The van der Waals surface area contributed by atoms with Crippen molar-refractivity contribution in [1.29, 1.82) is 0 Å². The zero-order valence-corrected chi connectivity index (χ0v) is 12.3. The molecule has 5 heteroatoms. The molecule has 2 heterocycles.